The molecule has 7 nitrogen and oxygen atoms in total. The summed E-state index contributed by atoms with van der Waals surface area (Å²) in [6.07, 6.45) is 6.33. The van der Waals surface area contributed by atoms with Gasteiger partial charge in [0, 0.05) is 30.4 Å². The summed E-state index contributed by atoms with van der Waals surface area (Å²) >= 11 is 0. The van der Waals surface area contributed by atoms with Crippen LogP contribution in [0.5, 0.6) is 0 Å². The average Bonchev–Trinajstić information content (AvgIpc) is 3.36. The molecule has 0 spiro atoms. The Bertz CT molecular complexity index is 821. The molecule has 1 saturated heterocycles. The van der Waals surface area contributed by atoms with E-state index < -0.39 is 0 Å². The number of ether oxygens (including phenoxy) is 1. The van der Waals surface area contributed by atoms with Crippen LogP contribution in [0.4, 0.5) is 0 Å². The normalized spacial score (nSPS) is 19.6. The largest absolute Gasteiger partial charge is 0.468 e. The van der Waals surface area contributed by atoms with E-state index in [2.05, 4.69) is 18.5 Å². The van der Waals surface area contributed by atoms with Crippen molar-refractivity contribution in [2.45, 2.75) is 38.4 Å². The predicted molar refractivity (Wildman–Crippen MR) is 105 cm³/mol. The lowest BCUT2D eigenvalue weighted by molar-refractivity contribution is 0.0297. The number of fused-ring (bicyclic) bond motifs is 1. The van der Waals surface area contributed by atoms with Gasteiger partial charge in [-0.2, -0.15) is 5.10 Å². The highest BCUT2D eigenvalue weighted by Crippen LogP contribution is 2.29. The topological polar surface area (TPSA) is 63.7 Å². The van der Waals surface area contributed by atoms with Gasteiger partial charge in [0.05, 0.1) is 32.6 Å². The Balaban J connectivity index is 1.57. The number of aromatic nitrogens is 2. The van der Waals surface area contributed by atoms with Crippen LogP contribution in [-0.4, -0.2) is 64.9 Å². The number of allylic oxidation sites excluding steroid dienone is 1. The van der Waals surface area contributed by atoms with E-state index in [1.54, 1.807) is 6.26 Å². The monoisotopic (exact) mass is 384 g/mol. The molecule has 3 heterocycles. The molecule has 0 N–H and O–H groups in total. The van der Waals surface area contributed by atoms with Crippen molar-refractivity contribution in [3.63, 3.8) is 0 Å². The fraction of sp³-hybridized carbons (Fsp3) is 0.524. The Hall–Kier alpha value is -2.38. The maximum atomic E-state index is 13.2. The number of carbonyl (C=O) groups is 1. The molecule has 1 amide bonds. The summed E-state index contributed by atoms with van der Waals surface area (Å²) in [5, 5.41) is 4.70. The van der Waals surface area contributed by atoms with Gasteiger partial charge in [-0.15, -0.1) is 6.58 Å². The molecule has 1 aliphatic carbocycles. The van der Waals surface area contributed by atoms with Crippen molar-refractivity contribution >= 4 is 5.91 Å². The van der Waals surface area contributed by atoms with E-state index in [9.17, 15) is 4.79 Å². The third-order valence-electron chi connectivity index (χ3n) is 5.73. The Morgan fingerprint density at radius 3 is 2.96 bits per heavy atom. The highest BCUT2D eigenvalue weighted by Gasteiger charge is 2.32. The van der Waals surface area contributed by atoms with E-state index in [1.807, 2.05) is 27.8 Å². The van der Waals surface area contributed by atoms with Gasteiger partial charge in [-0.25, -0.2) is 0 Å². The molecule has 150 valence electrons. The van der Waals surface area contributed by atoms with E-state index in [0.717, 1.165) is 37.1 Å². The number of likely N-dealkylation sites (N-methyl/N-ethyl adjacent to an activating group) is 1. The number of nitrogens with zero attached hydrogens (tertiary/aromatic N) is 4. The highest BCUT2D eigenvalue weighted by molar-refractivity contribution is 5.94. The minimum atomic E-state index is 0.0247. The summed E-state index contributed by atoms with van der Waals surface area (Å²) in [5.41, 5.74) is 2.88. The van der Waals surface area contributed by atoms with Crippen LogP contribution in [0.1, 0.15) is 33.9 Å². The molecule has 1 fully saturated rings. The zero-order valence-electron chi connectivity index (χ0n) is 16.5. The second kappa shape index (κ2) is 8.32. The number of rotatable bonds is 6. The summed E-state index contributed by atoms with van der Waals surface area (Å²) in [6.45, 7) is 7.68. The zero-order chi connectivity index (χ0) is 19.5. The molecule has 28 heavy (non-hydrogen) atoms. The lowest BCUT2D eigenvalue weighted by Crippen LogP contribution is -2.42. The van der Waals surface area contributed by atoms with Gasteiger partial charge in [0.2, 0.25) is 0 Å². The Kier molecular flexibility index (Phi) is 5.64. The van der Waals surface area contributed by atoms with Crippen LogP contribution in [0.2, 0.25) is 0 Å². The lowest BCUT2D eigenvalue weighted by Gasteiger charge is -2.31. The van der Waals surface area contributed by atoms with E-state index in [0.29, 0.717) is 44.6 Å². The molecule has 0 unspecified atom stereocenters. The van der Waals surface area contributed by atoms with Gasteiger partial charge in [0.15, 0.2) is 5.69 Å². The first-order valence-electron chi connectivity index (χ1n) is 9.96. The Morgan fingerprint density at radius 1 is 1.43 bits per heavy atom. The summed E-state index contributed by atoms with van der Waals surface area (Å²) in [7, 11) is 2.12. The van der Waals surface area contributed by atoms with Crippen LogP contribution >= 0.6 is 0 Å². The van der Waals surface area contributed by atoms with Crippen molar-refractivity contribution in [1.82, 2.24) is 19.6 Å². The first-order chi connectivity index (χ1) is 13.7. The van der Waals surface area contributed by atoms with Gasteiger partial charge in [-0.1, -0.05) is 6.08 Å². The predicted octanol–water partition coefficient (Wildman–Crippen LogP) is 2.12. The maximum Gasteiger partial charge on any atom is 0.274 e. The molecular weight excluding hydrogens is 356 g/mol. The summed E-state index contributed by atoms with van der Waals surface area (Å²) in [6, 6.07) is 4.27. The standard InChI is InChI=1S/C21H28N4O3/c1-3-8-25-19-7-6-16(23(2)15-17-5-4-11-28-17)14-18(19)20(22-25)21(26)24-9-12-27-13-10-24/h3-5,11,16H,1,6-10,12-15H2,2H3/t16-/m1/s1. The molecule has 1 atom stereocenters. The van der Waals surface area contributed by atoms with E-state index in [-0.39, 0.29) is 5.91 Å². The smallest absolute Gasteiger partial charge is 0.274 e. The van der Waals surface area contributed by atoms with Crippen LogP contribution in [0.15, 0.2) is 35.5 Å². The number of furan rings is 1. The Labute approximate surface area is 165 Å². The molecule has 2 aromatic heterocycles. The van der Waals surface area contributed by atoms with Crippen molar-refractivity contribution in [2.75, 3.05) is 33.4 Å². The first kappa shape index (κ1) is 19.0. The SMILES string of the molecule is C=CCn1nc(C(=O)N2CCOCC2)c2c1CC[C@@H](N(C)Cc1ccco1)C2. The maximum absolute atomic E-state index is 13.2. The molecule has 2 aliphatic rings. The van der Waals surface area contributed by atoms with Crippen LogP contribution in [0.25, 0.3) is 0 Å². The molecule has 0 saturated carbocycles. The molecule has 0 bridgehead atoms. The van der Waals surface area contributed by atoms with Crippen molar-refractivity contribution in [3.05, 3.63) is 53.8 Å². The highest BCUT2D eigenvalue weighted by atomic mass is 16.5. The zero-order valence-corrected chi connectivity index (χ0v) is 16.5. The number of hydrogen-bond acceptors (Lipinski definition) is 5. The van der Waals surface area contributed by atoms with Crippen LogP contribution in [-0.2, 0) is 30.7 Å². The molecule has 0 aromatic carbocycles. The van der Waals surface area contributed by atoms with Crippen molar-refractivity contribution in [1.29, 1.82) is 0 Å². The van der Waals surface area contributed by atoms with E-state index in [4.69, 9.17) is 14.3 Å². The van der Waals surface area contributed by atoms with Gasteiger partial charge in [-0.05, 0) is 38.4 Å². The van der Waals surface area contributed by atoms with Crippen LogP contribution in [0, 0.1) is 0 Å². The van der Waals surface area contributed by atoms with E-state index in [1.165, 1.54) is 5.69 Å². The summed E-state index contributed by atoms with van der Waals surface area (Å²) < 4.78 is 12.8. The van der Waals surface area contributed by atoms with Gasteiger partial charge >= 0.3 is 0 Å². The molecule has 7 heteroatoms. The number of hydrogen-bond donors (Lipinski definition) is 0. The number of carbonyl (C=O) groups excluding carboxylic acids is 1. The fourth-order valence-electron chi connectivity index (χ4n) is 4.18. The number of morpholine rings is 1. The summed E-state index contributed by atoms with van der Waals surface area (Å²) in [4.78, 5) is 17.3. The van der Waals surface area contributed by atoms with Gasteiger partial charge in [0.1, 0.15) is 5.76 Å². The van der Waals surface area contributed by atoms with Gasteiger partial charge in [-0.3, -0.25) is 14.4 Å². The second-order valence-corrected chi connectivity index (χ2v) is 7.54. The van der Waals surface area contributed by atoms with Crippen molar-refractivity contribution in [3.8, 4) is 0 Å². The fourth-order valence-corrected chi connectivity index (χ4v) is 4.18. The van der Waals surface area contributed by atoms with E-state index >= 15 is 0 Å². The number of amides is 1. The third-order valence-corrected chi connectivity index (χ3v) is 5.73. The van der Waals surface area contributed by atoms with Crippen LogP contribution < -0.4 is 0 Å². The third kappa shape index (κ3) is 3.77. The van der Waals surface area contributed by atoms with Crippen molar-refractivity contribution in [2.24, 2.45) is 0 Å². The average molecular weight is 384 g/mol. The molecule has 1 aliphatic heterocycles. The molecule has 2 aromatic rings. The van der Waals surface area contributed by atoms with Gasteiger partial charge < -0.3 is 14.1 Å². The second-order valence-electron chi connectivity index (χ2n) is 7.54. The van der Waals surface area contributed by atoms with Crippen LogP contribution in [0.3, 0.4) is 0 Å². The molecule has 0 radical (unpaired) electrons. The minimum Gasteiger partial charge on any atom is -0.468 e. The summed E-state index contributed by atoms with van der Waals surface area (Å²) in [5.74, 6) is 0.983. The first-order valence-corrected chi connectivity index (χ1v) is 9.96. The molecule has 4 rings (SSSR count). The minimum absolute atomic E-state index is 0.0247. The quantitative estimate of drug-likeness (QED) is 0.714. The van der Waals surface area contributed by atoms with Gasteiger partial charge in [0.25, 0.3) is 5.91 Å². The van der Waals surface area contributed by atoms with Crippen molar-refractivity contribution < 1.29 is 13.9 Å². The Morgan fingerprint density at radius 2 is 2.25 bits per heavy atom. The lowest BCUT2D eigenvalue weighted by atomic mass is 9.90. The molecular formula is C21H28N4O3.